The van der Waals surface area contributed by atoms with Gasteiger partial charge in [0.25, 0.3) is 0 Å². The fraction of sp³-hybridized carbons (Fsp3) is 0.312. The highest BCUT2D eigenvalue weighted by Crippen LogP contribution is 2.28. The van der Waals surface area contributed by atoms with Crippen molar-refractivity contribution in [1.82, 2.24) is 15.2 Å². The van der Waals surface area contributed by atoms with Gasteiger partial charge in [0.05, 0.1) is 24.0 Å². The quantitative estimate of drug-likeness (QED) is 0.675. The summed E-state index contributed by atoms with van der Waals surface area (Å²) in [6.07, 6.45) is 3.36. The molecule has 1 heterocycles. The molecule has 0 spiro atoms. The lowest BCUT2D eigenvalue weighted by atomic mass is 10.2. The monoisotopic (exact) mass is 334 g/mol. The van der Waals surface area contributed by atoms with E-state index in [1.165, 1.54) is 18.3 Å². The van der Waals surface area contributed by atoms with Crippen LogP contribution in [-0.2, 0) is 11.3 Å². The van der Waals surface area contributed by atoms with Gasteiger partial charge < -0.3 is 0 Å². The molecule has 7 heteroatoms. The highest BCUT2D eigenvalue weighted by Gasteiger charge is 2.29. The maximum absolute atomic E-state index is 12.9. The number of amides is 1. The number of aromatic nitrogens is 2. The van der Waals surface area contributed by atoms with E-state index in [1.54, 1.807) is 16.8 Å². The summed E-state index contributed by atoms with van der Waals surface area (Å²) in [7, 11) is 0. The van der Waals surface area contributed by atoms with Crippen LogP contribution in [0.25, 0.3) is 0 Å². The number of rotatable bonds is 5. The number of benzene rings is 1. The summed E-state index contributed by atoms with van der Waals surface area (Å²) < 4.78 is 14.6. The molecule has 0 radical (unpaired) electrons. The smallest absolute Gasteiger partial charge is 0.243 e. The topological polar surface area (TPSA) is 59.3 Å². The fourth-order valence-electron chi connectivity index (χ4n) is 2.18. The van der Waals surface area contributed by atoms with E-state index < -0.39 is 0 Å². The zero-order valence-electron chi connectivity index (χ0n) is 12.6. The van der Waals surface area contributed by atoms with Crippen LogP contribution in [0.3, 0.4) is 0 Å². The molecule has 0 unspecified atom stereocenters. The second kappa shape index (κ2) is 6.50. The first-order chi connectivity index (χ1) is 11.0. The van der Waals surface area contributed by atoms with Crippen LogP contribution in [0.5, 0.6) is 0 Å². The number of halogens is 2. The van der Waals surface area contributed by atoms with Crippen LogP contribution in [0.2, 0.25) is 5.15 Å². The van der Waals surface area contributed by atoms with Gasteiger partial charge in [0.2, 0.25) is 5.91 Å². The minimum atomic E-state index is -0.282. The molecule has 1 aliphatic rings. The van der Waals surface area contributed by atoms with Crippen LogP contribution < -0.4 is 5.43 Å². The van der Waals surface area contributed by atoms with Crippen LogP contribution in [0.1, 0.15) is 29.7 Å². The van der Waals surface area contributed by atoms with Crippen molar-refractivity contribution in [2.24, 2.45) is 11.0 Å². The molecule has 5 nitrogen and oxygen atoms in total. The third-order valence-electron chi connectivity index (χ3n) is 3.67. The molecule has 1 saturated carbocycles. The minimum Gasteiger partial charge on any atom is -0.273 e. The molecule has 2 aromatic rings. The van der Waals surface area contributed by atoms with Gasteiger partial charge >= 0.3 is 0 Å². The second-order valence-corrected chi connectivity index (χ2v) is 5.94. The van der Waals surface area contributed by atoms with Crippen molar-refractivity contribution in [3.8, 4) is 0 Å². The minimum absolute atomic E-state index is 0.0614. The molecule has 1 fully saturated rings. The lowest BCUT2D eigenvalue weighted by Gasteiger charge is -2.03. The average Bonchev–Trinajstić information content (AvgIpc) is 3.33. The first-order valence-electron chi connectivity index (χ1n) is 7.35. The van der Waals surface area contributed by atoms with Crippen molar-refractivity contribution in [3.05, 3.63) is 52.1 Å². The SMILES string of the molecule is Cc1nn(Cc2ccc(F)cc2)c(Cl)c1/C=N\NC(=O)C1CC1. The standard InChI is InChI=1S/C16H16ClFN4O/c1-10-14(8-19-20-16(23)12-4-5-12)15(17)22(21-10)9-11-2-6-13(18)7-3-11/h2-3,6-8,12H,4-5,9H2,1H3,(H,20,23)/b19-8-. The van der Waals surface area contributed by atoms with E-state index >= 15 is 0 Å². The Morgan fingerprint density at radius 3 is 2.83 bits per heavy atom. The van der Waals surface area contributed by atoms with E-state index in [9.17, 15) is 9.18 Å². The van der Waals surface area contributed by atoms with Crippen molar-refractivity contribution >= 4 is 23.7 Å². The molecule has 1 aromatic heterocycles. The highest BCUT2D eigenvalue weighted by molar-refractivity contribution is 6.32. The molecule has 120 valence electrons. The number of hydrogen-bond donors (Lipinski definition) is 1. The molecule has 1 aliphatic carbocycles. The Bertz CT molecular complexity index is 750. The number of nitrogens with zero attached hydrogens (tertiary/aromatic N) is 3. The molecule has 1 N–H and O–H groups in total. The maximum atomic E-state index is 12.9. The molecule has 0 saturated heterocycles. The first-order valence-corrected chi connectivity index (χ1v) is 7.72. The highest BCUT2D eigenvalue weighted by atomic mass is 35.5. The average molecular weight is 335 g/mol. The summed E-state index contributed by atoms with van der Waals surface area (Å²) in [4.78, 5) is 11.5. The van der Waals surface area contributed by atoms with Crippen LogP contribution in [0.15, 0.2) is 29.4 Å². The van der Waals surface area contributed by atoms with Gasteiger partial charge in [-0.05, 0) is 37.5 Å². The van der Waals surface area contributed by atoms with Crippen LogP contribution in [0.4, 0.5) is 4.39 Å². The number of hydrogen-bond acceptors (Lipinski definition) is 3. The summed E-state index contributed by atoms with van der Waals surface area (Å²) in [5.41, 5.74) is 4.76. The molecular formula is C16H16ClFN4O. The van der Waals surface area contributed by atoms with Crippen molar-refractivity contribution in [2.45, 2.75) is 26.3 Å². The number of carbonyl (C=O) groups excluding carboxylic acids is 1. The molecule has 0 aliphatic heterocycles. The summed E-state index contributed by atoms with van der Waals surface area (Å²) in [5.74, 6) is -0.241. The zero-order chi connectivity index (χ0) is 16.4. The summed E-state index contributed by atoms with van der Waals surface area (Å²) in [5, 5.41) is 8.73. The maximum Gasteiger partial charge on any atom is 0.243 e. The summed E-state index contributed by atoms with van der Waals surface area (Å²) in [6, 6.07) is 6.17. The van der Waals surface area contributed by atoms with Crippen molar-refractivity contribution in [2.75, 3.05) is 0 Å². The van der Waals surface area contributed by atoms with E-state index in [0.717, 1.165) is 18.4 Å². The third-order valence-corrected chi connectivity index (χ3v) is 4.07. The normalized spacial score (nSPS) is 14.4. The van der Waals surface area contributed by atoms with E-state index in [4.69, 9.17) is 11.6 Å². The van der Waals surface area contributed by atoms with Crippen molar-refractivity contribution in [1.29, 1.82) is 0 Å². The van der Waals surface area contributed by atoms with E-state index in [2.05, 4.69) is 15.6 Å². The van der Waals surface area contributed by atoms with Crippen LogP contribution in [0, 0.1) is 18.7 Å². The van der Waals surface area contributed by atoms with E-state index in [1.807, 2.05) is 6.92 Å². The number of aryl methyl sites for hydroxylation is 1. The van der Waals surface area contributed by atoms with Gasteiger partial charge in [0.15, 0.2) is 0 Å². The Hall–Kier alpha value is -2.21. The lowest BCUT2D eigenvalue weighted by molar-refractivity contribution is -0.122. The Kier molecular flexibility index (Phi) is 4.43. The molecule has 1 aromatic carbocycles. The second-order valence-electron chi connectivity index (χ2n) is 5.58. The summed E-state index contributed by atoms with van der Waals surface area (Å²) >= 11 is 6.32. The third kappa shape index (κ3) is 3.76. The van der Waals surface area contributed by atoms with Crippen molar-refractivity contribution < 1.29 is 9.18 Å². The van der Waals surface area contributed by atoms with Gasteiger partial charge in [-0.25, -0.2) is 14.5 Å². The molecule has 23 heavy (non-hydrogen) atoms. The van der Waals surface area contributed by atoms with Crippen LogP contribution in [-0.4, -0.2) is 21.9 Å². The fourth-order valence-corrected chi connectivity index (χ4v) is 2.46. The molecule has 0 atom stereocenters. The van der Waals surface area contributed by atoms with Gasteiger partial charge in [-0.15, -0.1) is 0 Å². The zero-order valence-corrected chi connectivity index (χ0v) is 13.3. The molecule has 1 amide bonds. The number of carbonyl (C=O) groups is 1. The Labute approximate surface area is 138 Å². The first kappa shape index (κ1) is 15.7. The summed E-state index contributed by atoms with van der Waals surface area (Å²) in [6.45, 7) is 2.25. The number of hydrazone groups is 1. The molecule has 3 rings (SSSR count). The predicted octanol–water partition coefficient (Wildman–Crippen LogP) is 2.89. The Morgan fingerprint density at radius 2 is 2.17 bits per heavy atom. The molecule has 0 bridgehead atoms. The van der Waals surface area contributed by atoms with Crippen LogP contribution >= 0.6 is 11.6 Å². The van der Waals surface area contributed by atoms with Gasteiger partial charge in [-0.1, -0.05) is 23.7 Å². The van der Waals surface area contributed by atoms with Gasteiger partial charge in [0, 0.05) is 5.92 Å². The largest absolute Gasteiger partial charge is 0.273 e. The lowest BCUT2D eigenvalue weighted by Crippen LogP contribution is -2.19. The number of nitrogens with one attached hydrogen (secondary N) is 1. The predicted molar refractivity (Wildman–Crippen MR) is 85.9 cm³/mol. The van der Waals surface area contributed by atoms with Gasteiger partial charge in [0.1, 0.15) is 11.0 Å². The molecular weight excluding hydrogens is 319 g/mol. The van der Waals surface area contributed by atoms with E-state index in [0.29, 0.717) is 23.0 Å². The van der Waals surface area contributed by atoms with Crippen molar-refractivity contribution in [3.63, 3.8) is 0 Å². The van der Waals surface area contributed by atoms with Gasteiger partial charge in [-0.2, -0.15) is 10.2 Å². The van der Waals surface area contributed by atoms with Gasteiger partial charge in [-0.3, -0.25) is 4.79 Å². The Balaban J connectivity index is 1.71. The van der Waals surface area contributed by atoms with E-state index in [-0.39, 0.29) is 17.6 Å². The Morgan fingerprint density at radius 1 is 1.48 bits per heavy atom.